The van der Waals surface area contributed by atoms with Crippen molar-refractivity contribution in [1.82, 2.24) is 0 Å². The molecule has 0 heterocycles. The number of ether oxygens (including phenoxy) is 4. The molecule has 0 saturated heterocycles. The number of benzene rings is 1. The van der Waals surface area contributed by atoms with Gasteiger partial charge in [-0.15, -0.1) is 11.6 Å². The summed E-state index contributed by atoms with van der Waals surface area (Å²) in [5.74, 6) is 7.45. The Bertz CT molecular complexity index is 451. The molecule has 0 aromatic heterocycles. The third-order valence-corrected chi connectivity index (χ3v) is 2.53. The van der Waals surface area contributed by atoms with Crippen LogP contribution >= 0.6 is 11.6 Å². The molecule has 0 aliphatic heterocycles. The maximum atomic E-state index is 5.65. The standard InChI is InChI=1S/C15H19ClO4/c1-17-8-9-19-10-11-20-15-6-5-14(18-2)12-13(15)4-3-7-16/h5-6,12H,7-11H2,1-2H3. The predicted molar refractivity (Wildman–Crippen MR) is 78.8 cm³/mol. The summed E-state index contributed by atoms with van der Waals surface area (Å²) in [5.41, 5.74) is 0.752. The van der Waals surface area contributed by atoms with Gasteiger partial charge >= 0.3 is 0 Å². The third-order valence-electron chi connectivity index (χ3n) is 2.39. The highest BCUT2D eigenvalue weighted by Crippen LogP contribution is 2.23. The topological polar surface area (TPSA) is 36.9 Å². The molecule has 110 valence electrons. The van der Waals surface area contributed by atoms with Gasteiger partial charge in [-0.05, 0) is 18.2 Å². The summed E-state index contributed by atoms with van der Waals surface area (Å²) >= 11 is 5.58. The highest BCUT2D eigenvalue weighted by Gasteiger charge is 2.03. The van der Waals surface area contributed by atoms with E-state index in [9.17, 15) is 0 Å². The molecule has 0 radical (unpaired) electrons. The Morgan fingerprint density at radius 1 is 1.10 bits per heavy atom. The molecule has 0 saturated carbocycles. The fraction of sp³-hybridized carbons (Fsp3) is 0.467. The van der Waals surface area contributed by atoms with Gasteiger partial charge < -0.3 is 18.9 Å². The van der Waals surface area contributed by atoms with Crippen LogP contribution in [-0.4, -0.2) is 46.5 Å². The van der Waals surface area contributed by atoms with Crippen molar-refractivity contribution >= 4 is 11.6 Å². The van der Waals surface area contributed by atoms with Crippen molar-refractivity contribution < 1.29 is 18.9 Å². The van der Waals surface area contributed by atoms with E-state index in [0.29, 0.717) is 32.2 Å². The van der Waals surface area contributed by atoms with Crippen molar-refractivity contribution in [2.45, 2.75) is 0 Å². The molecule has 4 nitrogen and oxygen atoms in total. The van der Waals surface area contributed by atoms with Gasteiger partial charge in [0.2, 0.25) is 0 Å². The van der Waals surface area contributed by atoms with Crippen LogP contribution < -0.4 is 9.47 Å². The zero-order valence-corrected chi connectivity index (χ0v) is 12.5. The van der Waals surface area contributed by atoms with Crippen LogP contribution in [0.25, 0.3) is 0 Å². The molecule has 1 aromatic rings. The van der Waals surface area contributed by atoms with Gasteiger partial charge in [0.1, 0.15) is 18.1 Å². The Labute approximate surface area is 124 Å². The first-order valence-corrected chi connectivity index (χ1v) is 6.77. The van der Waals surface area contributed by atoms with Crippen LogP contribution in [0.3, 0.4) is 0 Å². The van der Waals surface area contributed by atoms with Gasteiger partial charge in [0, 0.05) is 7.11 Å². The van der Waals surface area contributed by atoms with Gasteiger partial charge in [0.05, 0.1) is 38.4 Å². The lowest BCUT2D eigenvalue weighted by molar-refractivity contribution is 0.0544. The quantitative estimate of drug-likeness (QED) is 0.419. The fourth-order valence-corrected chi connectivity index (χ4v) is 1.51. The molecule has 1 aromatic carbocycles. The van der Waals surface area contributed by atoms with E-state index < -0.39 is 0 Å². The molecule has 1 rings (SSSR count). The van der Waals surface area contributed by atoms with Gasteiger partial charge in [-0.25, -0.2) is 0 Å². The Morgan fingerprint density at radius 3 is 2.60 bits per heavy atom. The fourth-order valence-electron chi connectivity index (χ4n) is 1.44. The van der Waals surface area contributed by atoms with E-state index in [1.165, 1.54) is 0 Å². The smallest absolute Gasteiger partial charge is 0.135 e. The van der Waals surface area contributed by atoms with Crippen LogP contribution in [0.4, 0.5) is 0 Å². The lowest BCUT2D eigenvalue weighted by Crippen LogP contribution is -2.10. The largest absolute Gasteiger partial charge is 0.497 e. The first kappa shape index (κ1) is 16.6. The Kier molecular flexibility index (Phi) is 8.64. The molecular formula is C15H19ClO4. The van der Waals surface area contributed by atoms with E-state index in [1.54, 1.807) is 14.2 Å². The second-order valence-electron chi connectivity index (χ2n) is 3.75. The lowest BCUT2D eigenvalue weighted by Gasteiger charge is -2.10. The number of methoxy groups -OCH3 is 2. The monoisotopic (exact) mass is 298 g/mol. The van der Waals surface area contributed by atoms with Crippen molar-refractivity contribution in [2.24, 2.45) is 0 Å². The summed E-state index contributed by atoms with van der Waals surface area (Å²) in [7, 11) is 3.25. The molecule has 20 heavy (non-hydrogen) atoms. The minimum absolute atomic E-state index is 0.275. The zero-order chi connectivity index (χ0) is 14.6. The summed E-state index contributed by atoms with van der Waals surface area (Å²) in [6.07, 6.45) is 0. The van der Waals surface area contributed by atoms with Crippen LogP contribution in [0.15, 0.2) is 18.2 Å². The van der Waals surface area contributed by atoms with Crippen LogP contribution in [0, 0.1) is 11.8 Å². The van der Waals surface area contributed by atoms with Crippen LogP contribution in [0.1, 0.15) is 5.56 Å². The molecule has 0 amide bonds. The maximum Gasteiger partial charge on any atom is 0.135 e. The highest BCUT2D eigenvalue weighted by atomic mass is 35.5. The average Bonchev–Trinajstić information content (AvgIpc) is 2.49. The Balaban J connectivity index is 2.55. The summed E-state index contributed by atoms with van der Waals surface area (Å²) in [4.78, 5) is 0. The SMILES string of the molecule is COCCOCCOc1ccc(OC)cc1C#CCCl. The number of hydrogen-bond donors (Lipinski definition) is 0. The van der Waals surface area contributed by atoms with Crippen LogP contribution in [-0.2, 0) is 9.47 Å². The normalized spacial score (nSPS) is 9.75. The zero-order valence-electron chi connectivity index (χ0n) is 11.8. The summed E-state index contributed by atoms with van der Waals surface area (Å²) < 4.78 is 21.0. The van der Waals surface area contributed by atoms with Crippen molar-refractivity contribution in [3.63, 3.8) is 0 Å². The second kappa shape index (κ2) is 10.4. The van der Waals surface area contributed by atoms with E-state index in [4.69, 9.17) is 30.5 Å². The van der Waals surface area contributed by atoms with E-state index in [0.717, 1.165) is 11.3 Å². The molecule has 0 aliphatic rings. The number of rotatable bonds is 8. The van der Waals surface area contributed by atoms with Crippen molar-refractivity contribution in [3.05, 3.63) is 23.8 Å². The van der Waals surface area contributed by atoms with Gasteiger partial charge in [-0.2, -0.15) is 0 Å². The van der Waals surface area contributed by atoms with Crippen molar-refractivity contribution in [1.29, 1.82) is 0 Å². The number of halogens is 1. The van der Waals surface area contributed by atoms with E-state index in [-0.39, 0.29) is 5.88 Å². The summed E-state index contributed by atoms with van der Waals surface area (Å²) in [6.45, 7) is 2.08. The molecule has 0 unspecified atom stereocenters. The first-order valence-electron chi connectivity index (χ1n) is 6.24. The minimum Gasteiger partial charge on any atom is -0.497 e. The Morgan fingerprint density at radius 2 is 1.90 bits per heavy atom. The van der Waals surface area contributed by atoms with E-state index >= 15 is 0 Å². The van der Waals surface area contributed by atoms with Crippen LogP contribution in [0.2, 0.25) is 0 Å². The second-order valence-corrected chi connectivity index (χ2v) is 4.02. The molecule has 5 heteroatoms. The molecule has 0 bridgehead atoms. The Hall–Kier alpha value is -1.41. The molecule has 0 N–H and O–H groups in total. The number of hydrogen-bond acceptors (Lipinski definition) is 4. The minimum atomic E-state index is 0.275. The van der Waals surface area contributed by atoms with Crippen molar-refractivity contribution in [3.8, 4) is 23.3 Å². The molecule has 0 spiro atoms. The third kappa shape index (κ3) is 6.16. The van der Waals surface area contributed by atoms with E-state index in [2.05, 4.69) is 11.8 Å². The summed E-state index contributed by atoms with van der Waals surface area (Å²) in [5, 5.41) is 0. The molecule has 0 aliphatic carbocycles. The maximum absolute atomic E-state index is 5.65. The lowest BCUT2D eigenvalue weighted by atomic mass is 10.2. The molecule has 0 fully saturated rings. The van der Waals surface area contributed by atoms with E-state index in [1.807, 2.05) is 18.2 Å². The summed E-state index contributed by atoms with van der Waals surface area (Å²) in [6, 6.07) is 5.47. The van der Waals surface area contributed by atoms with Gasteiger partial charge in [-0.3, -0.25) is 0 Å². The number of alkyl halides is 1. The first-order chi connectivity index (χ1) is 9.81. The van der Waals surface area contributed by atoms with Gasteiger partial charge in [-0.1, -0.05) is 11.8 Å². The van der Waals surface area contributed by atoms with Crippen LogP contribution in [0.5, 0.6) is 11.5 Å². The molecular weight excluding hydrogens is 280 g/mol. The molecule has 0 atom stereocenters. The average molecular weight is 299 g/mol. The predicted octanol–water partition coefficient (Wildman–Crippen LogP) is 2.33. The highest BCUT2D eigenvalue weighted by molar-refractivity contribution is 6.19. The van der Waals surface area contributed by atoms with Gasteiger partial charge in [0.25, 0.3) is 0 Å². The van der Waals surface area contributed by atoms with Crippen molar-refractivity contribution in [2.75, 3.05) is 46.5 Å². The van der Waals surface area contributed by atoms with Gasteiger partial charge in [0.15, 0.2) is 0 Å².